The monoisotopic (exact) mass is 268 g/mol. The molecule has 0 saturated carbocycles. The van der Waals surface area contributed by atoms with Gasteiger partial charge in [0, 0.05) is 17.7 Å². The van der Waals surface area contributed by atoms with Gasteiger partial charge < -0.3 is 4.74 Å². The van der Waals surface area contributed by atoms with Crippen LogP contribution >= 0.6 is 0 Å². The number of rotatable bonds is 4. The van der Waals surface area contributed by atoms with E-state index in [4.69, 9.17) is 10.00 Å². The Bertz CT molecular complexity index is 677. The average Bonchev–Trinajstić information content (AvgIpc) is 2.47. The molecular weight excluding hydrogens is 256 g/mol. The highest BCUT2D eigenvalue weighted by Gasteiger charge is 2.12. The number of ether oxygens (including phenoxy) is 1. The third-order valence-electron chi connectivity index (χ3n) is 2.74. The lowest BCUT2D eigenvalue weighted by atomic mass is 10.0. The van der Waals surface area contributed by atoms with Gasteiger partial charge in [-0.05, 0) is 18.6 Å². The van der Waals surface area contributed by atoms with E-state index in [9.17, 15) is 10.1 Å². The zero-order chi connectivity index (χ0) is 14.5. The van der Waals surface area contributed by atoms with Gasteiger partial charge in [-0.2, -0.15) is 5.26 Å². The third-order valence-corrected chi connectivity index (χ3v) is 2.74. The number of hydrogen-bond acceptors (Lipinski definition) is 4. The van der Waals surface area contributed by atoms with E-state index < -0.39 is 11.0 Å². The molecule has 0 aliphatic carbocycles. The summed E-state index contributed by atoms with van der Waals surface area (Å²) in [6.45, 7) is 1.64. The lowest BCUT2D eigenvalue weighted by molar-refractivity contribution is -0.384. The maximum atomic E-state index is 10.8. The first-order valence-electron chi connectivity index (χ1n) is 6.02. The highest BCUT2D eigenvalue weighted by Crippen LogP contribution is 2.32. The van der Waals surface area contributed by atoms with Crippen molar-refractivity contribution in [2.75, 3.05) is 0 Å². The molecule has 2 aromatic rings. The van der Waals surface area contributed by atoms with Gasteiger partial charge in [0.25, 0.3) is 5.69 Å². The van der Waals surface area contributed by atoms with Crippen LogP contribution in [0.25, 0.3) is 11.1 Å². The lowest BCUT2D eigenvalue weighted by Crippen LogP contribution is -2.08. The van der Waals surface area contributed by atoms with E-state index in [1.165, 1.54) is 12.1 Å². The summed E-state index contributed by atoms with van der Waals surface area (Å²) >= 11 is 0. The molecule has 0 aliphatic rings. The van der Waals surface area contributed by atoms with Crippen LogP contribution in [0.2, 0.25) is 0 Å². The first-order valence-corrected chi connectivity index (χ1v) is 6.02. The van der Waals surface area contributed by atoms with Gasteiger partial charge in [0.15, 0.2) is 6.10 Å². The molecule has 1 atom stereocenters. The molecular formula is C15H12N2O3. The van der Waals surface area contributed by atoms with Crippen molar-refractivity contribution in [2.45, 2.75) is 13.0 Å². The van der Waals surface area contributed by atoms with Crippen LogP contribution in [0.5, 0.6) is 5.75 Å². The Morgan fingerprint density at radius 3 is 2.70 bits per heavy atom. The Hall–Kier alpha value is -2.87. The molecule has 0 bridgehead atoms. The van der Waals surface area contributed by atoms with Crippen molar-refractivity contribution in [3.8, 4) is 22.9 Å². The van der Waals surface area contributed by atoms with Gasteiger partial charge in [0.2, 0.25) is 0 Å². The van der Waals surface area contributed by atoms with E-state index in [1.807, 2.05) is 12.1 Å². The molecule has 20 heavy (non-hydrogen) atoms. The fourth-order valence-electron chi connectivity index (χ4n) is 1.81. The molecule has 2 rings (SSSR count). The van der Waals surface area contributed by atoms with Gasteiger partial charge in [-0.25, -0.2) is 0 Å². The maximum Gasteiger partial charge on any atom is 0.270 e. The fraction of sp³-hybridized carbons (Fsp3) is 0.133. The van der Waals surface area contributed by atoms with Crippen LogP contribution < -0.4 is 4.74 Å². The van der Waals surface area contributed by atoms with E-state index >= 15 is 0 Å². The van der Waals surface area contributed by atoms with Gasteiger partial charge in [0.05, 0.1) is 4.92 Å². The SMILES string of the molecule is C[C@@H](C#N)Oc1ccccc1-c1cccc([N+](=O)[O-])c1. The highest BCUT2D eigenvalue weighted by atomic mass is 16.6. The van der Waals surface area contributed by atoms with Crippen LogP contribution in [0, 0.1) is 21.4 Å². The second kappa shape index (κ2) is 5.85. The van der Waals surface area contributed by atoms with E-state index in [2.05, 4.69) is 0 Å². The van der Waals surface area contributed by atoms with Crippen molar-refractivity contribution in [3.63, 3.8) is 0 Å². The van der Waals surface area contributed by atoms with Crippen molar-refractivity contribution < 1.29 is 9.66 Å². The summed E-state index contributed by atoms with van der Waals surface area (Å²) in [6.07, 6.45) is -0.588. The van der Waals surface area contributed by atoms with E-state index in [-0.39, 0.29) is 5.69 Å². The van der Waals surface area contributed by atoms with Crippen molar-refractivity contribution >= 4 is 5.69 Å². The van der Waals surface area contributed by atoms with Crippen LogP contribution in [0.3, 0.4) is 0 Å². The van der Waals surface area contributed by atoms with Crippen molar-refractivity contribution in [3.05, 3.63) is 58.6 Å². The molecule has 0 unspecified atom stereocenters. The molecule has 2 aromatic carbocycles. The minimum Gasteiger partial charge on any atom is -0.475 e. The number of non-ortho nitro benzene ring substituents is 1. The average molecular weight is 268 g/mol. The molecule has 0 N–H and O–H groups in total. The number of nitrogens with zero attached hydrogens (tertiary/aromatic N) is 2. The number of benzene rings is 2. The number of nitriles is 1. The van der Waals surface area contributed by atoms with Gasteiger partial charge in [0.1, 0.15) is 11.8 Å². The summed E-state index contributed by atoms with van der Waals surface area (Å²) < 4.78 is 5.52. The van der Waals surface area contributed by atoms with Crippen LogP contribution in [-0.4, -0.2) is 11.0 Å². The summed E-state index contributed by atoms with van der Waals surface area (Å²) in [5, 5.41) is 19.6. The normalized spacial score (nSPS) is 11.4. The Morgan fingerprint density at radius 1 is 1.25 bits per heavy atom. The predicted molar refractivity (Wildman–Crippen MR) is 74.2 cm³/mol. The number of para-hydroxylation sites is 1. The smallest absolute Gasteiger partial charge is 0.270 e. The Balaban J connectivity index is 2.45. The molecule has 0 spiro atoms. The van der Waals surface area contributed by atoms with Gasteiger partial charge >= 0.3 is 0 Å². The van der Waals surface area contributed by atoms with Gasteiger partial charge in [-0.3, -0.25) is 10.1 Å². The predicted octanol–water partition coefficient (Wildman–Crippen LogP) is 3.55. The van der Waals surface area contributed by atoms with Gasteiger partial charge in [-0.15, -0.1) is 0 Å². The molecule has 0 aliphatic heterocycles. The summed E-state index contributed by atoms with van der Waals surface area (Å²) in [7, 11) is 0. The molecule has 0 fully saturated rings. The van der Waals surface area contributed by atoms with E-state index in [1.54, 1.807) is 37.3 Å². The molecule has 0 heterocycles. The van der Waals surface area contributed by atoms with E-state index in [0.717, 1.165) is 5.56 Å². The molecule has 5 nitrogen and oxygen atoms in total. The van der Waals surface area contributed by atoms with Crippen LogP contribution in [0.15, 0.2) is 48.5 Å². The summed E-state index contributed by atoms with van der Waals surface area (Å²) in [4.78, 5) is 10.4. The standard InChI is InChI=1S/C15H12N2O3/c1-11(10-16)20-15-8-3-2-7-14(15)12-5-4-6-13(9-12)17(18)19/h2-9,11H,1H3/t11-/m0/s1. The minimum absolute atomic E-state index is 0.0191. The molecule has 100 valence electrons. The summed E-state index contributed by atoms with van der Waals surface area (Å²) in [6, 6.07) is 15.5. The Kier molecular flexibility index (Phi) is 3.96. The van der Waals surface area contributed by atoms with Crippen molar-refractivity contribution in [1.29, 1.82) is 5.26 Å². The Morgan fingerprint density at radius 2 is 2.00 bits per heavy atom. The second-order valence-corrected chi connectivity index (χ2v) is 4.19. The molecule has 0 radical (unpaired) electrons. The molecule has 5 heteroatoms. The van der Waals surface area contributed by atoms with Crippen molar-refractivity contribution in [1.82, 2.24) is 0 Å². The topological polar surface area (TPSA) is 76.2 Å². The maximum absolute atomic E-state index is 10.8. The van der Waals surface area contributed by atoms with Gasteiger partial charge in [-0.1, -0.05) is 30.3 Å². The summed E-state index contributed by atoms with van der Waals surface area (Å²) in [5.74, 6) is 0.530. The molecule has 0 aromatic heterocycles. The van der Waals surface area contributed by atoms with E-state index in [0.29, 0.717) is 11.3 Å². The molecule has 0 saturated heterocycles. The zero-order valence-corrected chi connectivity index (χ0v) is 10.8. The zero-order valence-electron chi connectivity index (χ0n) is 10.8. The number of nitro groups is 1. The quantitative estimate of drug-likeness (QED) is 0.627. The second-order valence-electron chi connectivity index (χ2n) is 4.19. The lowest BCUT2D eigenvalue weighted by Gasteiger charge is -2.12. The number of hydrogen-bond donors (Lipinski definition) is 0. The minimum atomic E-state index is -0.588. The van der Waals surface area contributed by atoms with Crippen LogP contribution in [-0.2, 0) is 0 Å². The Labute approximate surface area is 116 Å². The molecule has 0 amide bonds. The first-order chi connectivity index (χ1) is 9.61. The van der Waals surface area contributed by atoms with Crippen LogP contribution in [0.4, 0.5) is 5.69 Å². The third kappa shape index (κ3) is 2.93. The van der Waals surface area contributed by atoms with Crippen LogP contribution in [0.1, 0.15) is 6.92 Å². The first kappa shape index (κ1) is 13.6. The summed E-state index contributed by atoms with van der Waals surface area (Å²) in [5.41, 5.74) is 1.42. The van der Waals surface area contributed by atoms with Crippen molar-refractivity contribution in [2.24, 2.45) is 0 Å². The highest BCUT2D eigenvalue weighted by molar-refractivity contribution is 5.72. The number of nitro benzene ring substituents is 1. The fourth-order valence-corrected chi connectivity index (χ4v) is 1.81. The largest absolute Gasteiger partial charge is 0.475 e.